The Hall–Kier alpha value is -1.92. The Morgan fingerprint density at radius 1 is 1.38 bits per heavy atom. The largest absolute Gasteiger partial charge is 0.354 e. The highest BCUT2D eigenvalue weighted by Gasteiger charge is 2.12. The van der Waals surface area contributed by atoms with E-state index in [0.29, 0.717) is 19.4 Å². The van der Waals surface area contributed by atoms with E-state index in [-0.39, 0.29) is 5.91 Å². The number of methoxy groups -OCH3 is 2. The third-order valence-electron chi connectivity index (χ3n) is 3.41. The highest BCUT2D eigenvalue weighted by molar-refractivity contribution is 5.76. The number of carbonyl (C=O) groups is 1. The van der Waals surface area contributed by atoms with Crippen molar-refractivity contribution in [2.75, 3.05) is 20.8 Å². The van der Waals surface area contributed by atoms with Crippen LogP contribution in [0.25, 0.3) is 5.65 Å². The van der Waals surface area contributed by atoms with E-state index < -0.39 is 6.29 Å². The van der Waals surface area contributed by atoms with Crippen molar-refractivity contribution in [2.24, 2.45) is 0 Å². The molecule has 1 N–H and O–H groups in total. The molecular weight excluding hydrogens is 270 g/mol. The molecule has 0 saturated carbocycles. The second-order valence-electron chi connectivity index (χ2n) is 4.78. The topological polar surface area (TPSA) is 64.9 Å². The number of ether oxygens (including phenoxy) is 2. The Balaban J connectivity index is 1.92. The van der Waals surface area contributed by atoms with Gasteiger partial charge in [0.05, 0.1) is 12.2 Å². The van der Waals surface area contributed by atoms with Crippen LogP contribution in [-0.4, -0.2) is 42.3 Å². The van der Waals surface area contributed by atoms with E-state index in [4.69, 9.17) is 9.47 Å². The molecule has 6 nitrogen and oxygen atoms in total. The maximum atomic E-state index is 11.9. The lowest BCUT2D eigenvalue weighted by Crippen LogP contribution is -2.34. The quantitative estimate of drug-likeness (QED) is 0.781. The van der Waals surface area contributed by atoms with Crippen LogP contribution in [0.5, 0.6) is 0 Å². The van der Waals surface area contributed by atoms with Gasteiger partial charge < -0.3 is 19.2 Å². The Bertz CT molecular complexity index is 605. The third-order valence-corrected chi connectivity index (χ3v) is 3.41. The van der Waals surface area contributed by atoms with Crippen LogP contribution in [0.4, 0.5) is 0 Å². The summed E-state index contributed by atoms with van der Waals surface area (Å²) in [7, 11) is 3.09. The van der Waals surface area contributed by atoms with Crippen molar-refractivity contribution < 1.29 is 14.3 Å². The van der Waals surface area contributed by atoms with Crippen LogP contribution < -0.4 is 5.32 Å². The zero-order valence-corrected chi connectivity index (χ0v) is 12.6. The molecule has 0 fully saturated rings. The first-order valence-electron chi connectivity index (χ1n) is 6.90. The zero-order valence-electron chi connectivity index (χ0n) is 12.6. The van der Waals surface area contributed by atoms with Gasteiger partial charge in [0.25, 0.3) is 0 Å². The molecule has 1 amide bonds. The number of imidazole rings is 1. The Morgan fingerprint density at radius 3 is 2.86 bits per heavy atom. The Kier molecular flexibility index (Phi) is 5.30. The van der Waals surface area contributed by atoms with Crippen molar-refractivity contribution in [3.63, 3.8) is 0 Å². The molecule has 2 rings (SSSR count). The fourth-order valence-corrected chi connectivity index (χ4v) is 2.25. The number of aromatic nitrogens is 2. The summed E-state index contributed by atoms with van der Waals surface area (Å²) < 4.78 is 12.1. The van der Waals surface area contributed by atoms with Crippen molar-refractivity contribution in [1.82, 2.24) is 14.7 Å². The first-order chi connectivity index (χ1) is 10.2. The van der Waals surface area contributed by atoms with Gasteiger partial charge >= 0.3 is 0 Å². The molecule has 0 saturated heterocycles. The summed E-state index contributed by atoms with van der Waals surface area (Å²) in [6, 6.07) is 5.87. The molecular formula is C15H21N3O3. The number of pyridine rings is 1. The normalized spacial score (nSPS) is 11.2. The van der Waals surface area contributed by atoms with Gasteiger partial charge in [0, 0.05) is 32.5 Å². The van der Waals surface area contributed by atoms with Gasteiger partial charge in [0.1, 0.15) is 5.65 Å². The SMILES string of the molecule is COC(CNC(=O)CCc1c(C)nc2ccccn12)OC. The van der Waals surface area contributed by atoms with Crippen LogP contribution in [0.2, 0.25) is 0 Å². The molecule has 114 valence electrons. The van der Waals surface area contributed by atoms with Crippen molar-refractivity contribution in [3.8, 4) is 0 Å². The van der Waals surface area contributed by atoms with Crippen LogP contribution in [0, 0.1) is 6.92 Å². The average Bonchev–Trinajstić information content (AvgIpc) is 2.81. The minimum absolute atomic E-state index is 0.0284. The smallest absolute Gasteiger partial charge is 0.220 e. The van der Waals surface area contributed by atoms with Crippen LogP contribution >= 0.6 is 0 Å². The molecule has 0 aliphatic carbocycles. The number of rotatable bonds is 7. The molecule has 0 aliphatic heterocycles. The summed E-state index contributed by atoms with van der Waals surface area (Å²) in [4.78, 5) is 16.4. The molecule has 0 aliphatic rings. The average molecular weight is 291 g/mol. The minimum Gasteiger partial charge on any atom is -0.354 e. The highest BCUT2D eigenvalue weighted by atomic mass is 16.7. The van der Waals surface area contributed by atoms with Gasteiger partial charge in [0.2, 0.25) is 5.91 Å². The molecule has 0 bridgehead atoms. The van der Waals surface area contributed by atoms with Crippen molar-refractivity contribution >= 4 is 11.6 Å². The molecule has 2 aromatic heterocycles. The minimum atomic E-state index is -0.411. The van der Waals surface area contributed by atoms with Crippen LogP contribution in [0.3, 0.4) is 0 Å². The van der Waals surface area contributed by atoms with Crippen molar-refractivity contribution in [2.45, 2.75) is 26.1 Å². The van der Waals surface area contributed by atoms with Gasteiger partial charge in [-0.2, -0.15) is 0 Å². The number of nitrogens with zero attached hydrogens (tertiary/aromatic N) is 2. The van der Waals surface area contributed by atoms with Gasteiger partial charge in [0.15, 0.2) is 6.29 Å². The third kappa shape index (κ3) is 3.80. The standard InChI is InChI=1S/C15H21N3O3/c1-11-12(18-9-5-4-6-13(18)17-11)7-8-14(19)16-10-15(20-2)21-3/h4-6,9,15H,7-8,10H2,1-3H3,(H,16,19). The maximum absolute atomic E-state index is 11.9. The van der Waals surface area contributed by atoms with E-state index in [1.165, 1.54) is 0 Å². The zero-order chi connectivity index (χ0) is 15.2. The number of amides is 1. The molecule has 0 aromatic carbocycles. The van der Waals surface area contributed by atoms with Crippen LogP contribution in [-0.2, 0) is 20.7 Å². The number of fused-ring (bicyclic) bond motifs is 1. The van der Waals surface area contributed by atoms with E-state index in [1.54, 1.807) is 14.2 Å². The molecule has 0 spiro atoms. The number of hydrogen-bond acceptors (Lipinski definition) is 4. The Morgan fingerprint density at radius 2 is 2.14 bits per heavy atom. The van der Waals surface area contributed by atoms with Gasteiger partial charge in [-0.1, -0.05) is 6.07 Å². The first-order valence-corrected chi connectivity index (χ1v) is 6.90. The van der Waals surface area contributed by atoms with Gasteiger partial charge in [-0.25, -0.2) is 4.98 Å². The molecule has 0 radical (unpaired) electrons. The summed E-state index contributed by atoms with van der Waals surface area (Å²) in [5.74, 6) is -0.0284. The fraction of sp³-hybridized carbons (Fsp3) is 0.467. The predicted octanol–water partition coefficient (Wildman–Crippen LogP) is 1.31. The lowest BCUT2D eigenvalue weighted by atomic mass is 10.2. The number of hydrogen-bond donors (Lipinski definition) is 1. The summed E-state index contributed by atoms with van der Waals surface area (Å²) in [5, 5.41) is 2.80. The molecule has 2 heterocycles. The maximum Gasteiger partial charge on any atom is 0.220 e. The number of aryl methyl sites for hydroxylation is 2. The molecule has 21 heavy (non-hydrogen) atoms. The van der Waals surface area contributed by atoms with Gasteiger partial charge in [-0.15, -0.1) is 0 Å². The first kappa shape index (κ1) is 15.5. The second kappa shape index (κ2) is 7.19. The lowest BCUT2D eigenvalue weighted by molar-refractivity contribution is -0.127. The van der Waals surface area contributed by atoms with E-state index in [0.717, 1.165) is 17.0 Å². The van der Waals surface area contributed by atoms with Crippen LogP contribution in [0.1, 0.15) is 17.8 Å². The summed E-state index contributed by atoms with van der Waals surface area (Å²) >= 11 is 0. The lowest BCUT2D eigenvalue weighted by Gasteiger charge is -2.14. The van der Waals surface area contributed by atoms with E-state index in [9.17, 15) is 4.79 Å². The van der Waals surface area contributed by atoms with E-state index in [1.807, 2.05) is 35.7 Å². The van der Waals surface area contributed by atoms with E-state index in [2.05, 4.69) is 10.3 Å². The summed E-state index contributed by atoms with van der Waals surface area (Å²) in [6.07, 6.45) is 2.61. The molecule has 0 unspecified atom stereocenters. The summed E-state index contributed by atoms with van der Waals surface area (Å²) in [6.45, 7) is 2.31. The van der Waals surface area contributed by atoms with Crippen molar-refractivity contribution in [3.05, 3.63) is 35.8 Å². The van der Waals surface area contributed by atoms with E-state index >= 15 is 0 Å². The van der Waals surface area contributed by atoms with Gasteiger partial charge in [-0.05, 0) is 25.5 Å². The fourth-order valence-electron chi connectivity index (χ4n) is 2.25. The summed E-state index contributed by atoms with van der Waals surface area (Å²) in [5.41, 5.74) is 2.93. The highest BCUT2D eigenvalue weighted by Crippen LogP contribution is 2.13. The van der Waals surface area contributed by atoms with Gasteiger partial charge in [-0.3, -0.25) is 4.79 Å². The van der Waals surface area contributed by atoms with Crippen molar-refractivity contribution in [1.29, 1.82) is 0 Å². The predicted molar refractivity (Wildman–Crippen MR) is 79.1 cm³/mol. The molecule has 2 aromatic rings. The Labute approximate surface area is 124 Å². The van der Waals surface area contributed by atoms with Crippen LogP contribution in [0.15, 0.2) is 24.4 Å². The number of nitrogens with one attached hydrogen (secondary N) is 1. The molecule has 6 heteroatoms. The number of carbonyl (C=O) groups excluding carboxylic acids is 1. The second-order valence-corrected chi connectivity index (χ2v) is 4.78. The monoisotopic (exact) mass is 291 g/mol. The molecule has 0 atom stereocenters.